The van der Waals surface area contributed by atoms with Gasteiger partial charge >= 0.3 is 21.7 Å². The van der Waals surface area contributed by atoms with Crippen LogP contribution in [-0.4, -0.2) is 41.1 Å². The van der Waals surface area contributed by atoms with Crippen LogP contribution in [-0.2, 0) is 23.1 Å². The summed E-state index contributed by atoms with van der Waals surface area (Å²) in [5.41, 5.74) is -4.59. The summed E-state index contributed by atoms with van der Waals surface area (Å²) >= 11 is 0. The van der Waals surface area contributed by atoms with Crippen LogP contribution in [0.15, 0.2) is 12.3 Å². The minimum atomic E-state index is -5.81. The second-order valence-electron chi connectivity index (χ2n) is 4.74. The van der Waals surface area contributed by atoms with Gasteiger partial charge in [0, 0.05) is 24.8 Å². The molecule has 11 heteroatoms. The highest BCUT2D eigenvalue weighted by molar-refractivity contribution is 7.87. The number of fused-ring (bicyclic) bond motifs is 1. The smallest absolute Gasteiger partial charge is 0.465 e. The number of halogens is 3. The monoisotopic (exact) mass is 340 g/mol. The number of amides is 1. The lowest BCUT2D eigenvalue weighted by atomic mass is 9.97. The van der Waals surface area contributed by atoms with Gasteiger partial charge < -0.3 is 14.2 Å². The topological polar surface area (TPSA) is 96.8 Å². The fourth-order valence-corrected chi connectivity index (χ4v) is 2.47. The van der Waals surface area contributed by atoms with E-state index in [0.29, 0.717) is 17.5 Å². The first kappa shape index (κ1) is 16.3. The predicted molar refractivity (Wildman–Crippen MR) is 66.6 cm³/mol. The van der Waals surface area contributed by atoms with Crippen molar-refractivity contribution < 1.29 is 35.7 Å². The van der Waals surface area contributed by atoms with Gasteiger partial charge in [0.2, 0.25) is 5.88 Å². The molecule has 0 spiro atoms. The quantitative estimate of drug-likeness (QED) is 0.651. The summed E-state index contributed by atoms with van der Waals surface area (Å²) in [6.45, 7) is 1.59. The third-order valence-electron chi connectivity index (χ3n) is 3.17. The number of rotatable bonds is 2. The van der Waals surface area contributed by atoms with E-state index < -0.39 is 27.6 Å². The Morgan fingerprint density at radius 2 is 2.09 bits per heavy atom. The van der Waals surface area contributed by atoms with Crippen molar-refractivity contribution in [2.24, 2.45) is 0 Å². The summed E-state index contributed by atoms with van der Waals surface area (Å²) in [6, 6.07) is 0.679. The van der Waals surface area contributed by atoms with Gasteiger partial charge in [-0.1, -0.05) is 0 Å². The molecule has 0 bridgehead atoms. The average molecular weight is 340 g/mol. The molecule has 122 valence electrons. The van der Waals surface area contributed by atoms with Gasteiger partial charge in [-0.2, -0.15) is 21.6 Å². The van der Waals surface area contributed by atoms with E-state index in [4.69, 9.17) is 5.11 Å². The molecule has 1 N–H and O–H groups in total. The van der Waals surface area contributed by atoms with Gasteiger partial charge in [0.1, 0.15) is 0 Å². The number of alkyl halides is 3. The molecule has 0 aliphatic carbocycles. The summed E-state index contributed by atoms with van der Waals surface area (Å²) in [6.07, 6.45) is 0.327. The van der Waals surface area contributed by atoms with Gasteiger partial charge in [-0.3, -0.25) is 0 Å². The summed E-state index contributed by atoms with van der Waals surface area (Å²) < 4.78 is 62.5. The van der Waals surface area contributed by atoms with Gasteiger partial charge in [0.15, 0.2) is 0 Å². The minimum Gasteiger partial charge on any atom is -0.465 e. The molecule has 7 nitrogen and oxygen atoms in total. The molecular formula is C11H11F3N2O5S. The number of nitrogens with zero attached hydrogens (tertiary/aromatic N) is 2. The molecule has 1 atom stereocenters. The van der Waals surface area contributed by atoms with E-state index in [0.717, 1.165) is 11.0 Å². The predicted octanol–water partition coefficient (Wildman–Crippen LogP) is 1.73. The Labute approximate surface area is 123 Å². The normalized spacial score (nSPS) is 18.7. The molecule has 1 aromatic heterocycles. The van der Waals surface area contributed by atoms with Crippen LogP contribution in [0.1, 0.15) is 18.1 Å². The molecule has 1 unspecified atom stereocenters. The molecule has 0 saturated carbocycles. The van der Waals surface area contributed by atoms with Crippen molar-refractivity contribution in [1.82, 2.24) is 9.88 Å². The van der Waals surface area contributed by atoms with Crippen molar-refractivity contribution in [3.05, 3.63) is 23.4 Å². The Balaban J connectivity index is 2.30. The van der Waals surface area contributed by atoms with Gasteiger partial charge in [0.05, 0.1) is 0 Å². The number of carboxylic acid groups (broad SMARTS) is 1. The Morgan fingerprint density at radius 1 is 1.45 bits per heavy atom. The van der Waals surface area contributed by atoms with Gasteiger partial charge in [-0.05, 0) is 24.5 Å². The molecule has 1 amide bonds. The number of aromatic nitrogens is 1. The molecule has 0 saturated heterocycles. The lowest BCUT2D eigenvalue weighted by molar-refractivity contribution is -0.0501. The fourth-order valence-electron chi connectivity index (χ4n) is 2.06. The summed E-state index contributed by atoms with van der Waals surface area (Å²) in [5, 5.41) is 9.03. The summed E-state index contributed by atoms with van der Waals surface area (Å²) in [7, 11) is -5.81. The molecule has 0 radical (unpaired) electrons. The molecule has 0 fully saturated rings. The lowest BCUT2D eigenvalue weighted by Gasteiger charge is -2.32. The molecule has 1 aliphatic rings. The Morgan fingerprint density at radius 3 is 2.64 bits per heavy atom. The van der Waals surface area contributed by atoms with E-state index >= 15 is 0 Å². The zero-order valence-electron chi connectivity index (χ0n) is 11.2. The van der Waals surface area contributed by atoms with E-state index in [1.54, 1.807) is 6.92 Å². The minimum absolute atomic E-state index is 0.0865. The van der Waals surface area contributed by atoms with Crippen LogP contribution in [0.5, 0.6) is 5.88 Å². The SMILES string of the molecule is CC1Cc2cnc(OS(=O)(=O)C(F)(F)F)cc2CN1C(=O)O. The highest BCUT2D eigenvalue weighted by Gasteiger charge is 2.49. The second kappa shape index (κ2) is 5.30. The van der Waals surface area contributed by atoms with Gasteiger partial charge in [-0.15, -0.1) is 0 Å². The molecular weight excluding hydrogens is 329 g/mol. The summed E-state index contributed by atoms with van der Waals surface area (Å²) in [4.78, 5) is 15.7. The van der Waals surface area contributed by atoms with E-state index in [1.807, 2.05) is 0 Å². The van der Waals surface area contributed by atoms with Crippen LogP contribution in [0.25, 0.3) is 0 Å². The van der Waals surface area contributed by atoms with Crippen LogP contribution in [0.2, 0.25) is 0 Å². The number of carbonyl (C=O) groups is 1. The fraction of sp³-hybridized carbons (Fsp3) is 0.455. The van der Waals surface area contributed by atoms with Crippen LogP contribution in [0, 0.1) is 0 Å². The maximum absolute atomic E-state index is 12.3. The van der Waals surface area contributed by atoms with E-state index in [2.05, 4.69) is 9.17 Å². The highest BCUT2D eigenvalue weighted by Crippen LogP contribution is 2.29. The van der Waals surface area contributed by atoms with Crippen molar-refractivity contribution in [3.8, 4) is 5.88 Å². The Hall–Kier alpha value is -2.04. The van der Waals surface area contributed by atoms with E-state index in [1.165, 1.54) is 6.20 Å². The Bertz CT molecular complexity index is 704. The zero-order chi connectivity index (χ0) is 16.7. The van der Waals surface area contributed by atoms with Crippen molar-refractivity contribution in [3.63, 3.8) is 0 Å². The van der Waals surface area contributed by atoms with E-state index in [9.17, 15) is 26.4 Å². The van der Waals surface area contributed by atoms with Crippen molar-refractivity contribution in [2.75, 3.05) is 0 Å². The maximum Gasteiger partial charge on any atom is 0.534 e. The first-order valence-corrected chi connectivity index (χ1v) is 7.40. The molecule has 22 heavy (non-hydrogen) atoms. The molecule has 1 aliphatic heterocycles. The molecule has 1 aromatic rings. The highest BCUT2D eigenvalue weighted by atomic mass is 32.2. The van der Waals surface area contributed by atoms with Crippen molar-refractivity contribution in [1.29, 1.82) is 0 Å². The molecule has 2 rings (SSSR count). The standard InChI is InChI=1S/C11H11F3N2O5S/c1-6-2-7-4-15-9(21-22(19,20)11(12,13)14)3-8(7)5-16(6)10(17)18/h3-4,6H,2,5H2,1H3,(H,17,18). The summed E-state index contributed by atoms with van der Waals surface area (Å²) in [5.74, 6) is -0.754. The van der Waals surface area contributed by atoms with Gasteiger partial charge in [-0.25, -0.2) is 9.78 Å². The number of hydrogen-bond acceptors (Lipinski definition) is 5. The maximum atomic E-state index is 12.3. The largest absolute Gasteiger partial charge is 0.534 e. The van der Waals surface area contributed by atoms with Crippen molar-refractivity contribution >= 4 is 16.2 Å². The van der Waals surface area contributed by atoms with Crippen LogP contribution in [0.4, 0.5) is 18.0 Å². The van der Waals surface area contributed by atoms with Crippen LogP contribution < -0.4 is 4.18 Å². The third kappa shape index (κ3) is 3.08. The van der Waals surface area contributed by atoms with Crippen LogP contribution >= 0.6 is 0 Å². The number of hydrogen-bond donors (Lipinski definition) is 1. The van der Waals surface area contributed by atoms with Crippen molar-refractivity contribution in [2.45, 2.75) is 31.4 Å². The van der Waals surface area contributed by atoms with Gasteiger partial charge in [0.25, 0.3) is 0 Å². The van der Waals surface area contributed by atoms with Crippen LogP contribution in [0.3, 0.4) is 0 Å². The third-order valence-corrected chi connectivity index (χ3v) is 4.13. The average Bonchev–Trinajstić information content (AvgIpc) is 2.36. The number of pyridine rings is 1. The Kier molecular flexibility index (Phi) is 3.94. The first-order chi connectivity index (χ1) is 10.0. The second-order valence-corrected chi connectivity index (χ2v) is 6.28. The van der Waals surface area contributed by atoms with E-state index in [-0.39, 0.29) is 12.6 Å². The molecule has 2 heterocycles. The lowest BCUT2D eigenvalue weighted by Crippen LogP contribution is -2.41. The first-order valence-electron chi connectivity index (χ1n) is 5.99. The molecule has 0 aromatic carbocycles. The zero-order valence-corrected chi connectivity index (χ0v) is 12.0.